The molecule has 0 bridgehead atoms. The number of aromatic nitrogens is 2. The van der Waals surface area contributed by atoms with Crippen molar-refractivity contribution in [3.05, 3.63) is 47.9 Å². The van der Waals surface area contributed by atoms with Crippen LogP contribution >= 0.6 is 0 Å². The maximum absolute atomic E-state index is 5.70. The molecule has 4 rings (SSSR count). The number of benzene rings is 1. The molecule has 1 aromatic carbocycles. The predicted octanol–water partition coefficient (Wildman–Crippen LogP) is 3.49. The Morgan fingerprint density at radius 2 is 2.05 bits per heavy atom. The Morgan fingerprint density at radius 3 is 2.90 bits per heavy atom. The summed E-state index contributed by atoms with van der Waals surface area (Å²) < 4.78 is 16.7. The third-order valence-electron chi connectivity index (χ3n) is 3.57. The number of fused-ring (bicyclic) bond motifs is 1. The van der Waals surface area contributed by atoms with Crippen molar-refractivity contribution >= 4 is 23.1 Å². The van der Waals surface area contributed by atoms with Crippen molar-refractivity contribution in [2.24, 2.45) is 0 Å². The summed E-state index contributed by atoms with van der Waals surface area (Å²) in [5.74, 6) is 2.13. The highest BCUT2D eigenvalue weighted by molar-refractivity contribution is 5.81. The second-order valence-electron chi connectivity index (χ2n) is 5.06. The van der Waals surface area contributed by atoms with Crippen LogP contribution in [-0.4, -0.2) is 23.4 Å². The molecule has 0 saturated carbocycles. The third-order valence-corrected chi connectivity index (χ3v) is 3.57. The van der Waals surface area contributed by atoms with E-state index in [9.17, 15) is 0 Å². The molecule has 1 fully saturated rings. The highest BCUT2D eigenvalue weighted by atomic mass is 16.5. The van der Waals surface area contributed by atoms with Crippen molar-refractivity contribution in [2.75, 3.05) is 13.2 Å². The van der Waals surface area contributed by atoms with E-state index in [1.165, 1.54) is 0 Å². The normalized spacial score (nSPS) is 19.0. The lowest BCUT2D eigenvalue weighted by Gasteiger charge is -1.97. The van der Waals surface area contributed by atoms with E-state index in [0.717, 1.165) is 29.8 Å². The van der Waals surface area contributed by atoms with E-state index < -0.39 is 0 Å². The van der Waals surface area contributed by atoms with Crippen LogP contribution in [0.4, 0.5) is 0 Å². The fraction of sp³-hybridized carbons (Fsp3) is 0.250. The molecule has 5 heteroatoms. The number of ether oxygens (including phenoxy) is 1. The smallest absolute Gasteiger partial charge is 0.240 e. The van der Waals surface area contributed by atoms with Gasteiger partial charge in [-0.15, -0.1) is 10.2 Å². The standard InChI is InChI=1S/C16H14N2O3/c1-2-4-14-11(3-1)9-13(20-14)5-6-15-17-18-16(21-15)12-7-8-19-10-12/h1-6,9,12H,7-8,10H2/b6-5+. The molecule has 0 radical (unpaired) electrons. The molecule has 3 heterocycles. The Labute approximate surface area is 121 Å². The van der Waals surface area contributed by atoms with Crippen LogP contribution in [0.1, 0.15) is 29.9 Å². The number of para-hydroxylation sites is 1. The van der Waals surface area contributed by atoms with Crippen LogP contribution in [0.15, 0.2) is 39.2 Å². The lowest BCUT2D eigenvalue weighted by Crippen LogP contribution is -1.97. The minimum Gasteiger partial charge on any atom is -0.457 e. The number of nitrogens with zero attached hydrogens (tertiary/aromatic N) is 2. The number of hydrogen-bond donors (Lipinski definition) is 0. The van der Waals surface area contributed by atoms with Crippen LogP contribution in [0.3, 0.4) is 0 Å². The van der Waals surface area contributed by atoms with Gasteiger partial charge in [-0.3, -0.25) is 0 Å². The highest BCUT2D eigenvalue weighted by Crippen LogP contribution is 2.24. The first kappa shape index (κ1) is 12.3. The summed E-state index contributed by atoms with van der Waals surface area (Å²) in [4.78, 5) is 0. The summed E-state index contributed by atoms with van der Waals surface area (Å²) in [6.07, 6.45) is 4.54. The zero-order valence-corrected chi connectivity index (χ0v) is 11.4. The first-order valence-corrected chi connectivity index (χ1v) is 6.96. The van der Waals surface area contributed by atoms with Crippen LogP contribution in [0.2, 0.25) is 0 Å². The summed E-state index contributed by atoms with van der Waals surface area (Å²) >= 11 is 0. The first-order chi connectivity index (χ1) is 10.4. The predicted molar refractivity (Wildman–Crippen MR) is 77.6 cm³/mol. The molecule has 3 aromatic rings. The van der Waals surface area contributed by atoms with Crippen molar-refractivity contribution in [3.8, 4) is 0 Å². The summed E-state index contributed by atoms with van der Waals surface area (Å²) in [5.41, 5.74) is 0.867. The zero-order valence-electron chi connectivity index (χ0n) is 11.4. The molecule has 1 aliphatic rings. The van der Waals surface area contributed by atoms with E-state index in [2.05, 4.69) is 10.2 Å². The minimum atomic E-state index is 0.228. The molecule has 1 saturated heterocycles. The Kier molecular flexibility index (Phi) is 3.05. The monoisotopic (exact) mass is 282 g/mol. The molecule has 0 aliphatic carbocycles. The molecular formula is C16H14N2O3. The zero-order chi connectivity index (χ0) is 14.1. The summed E-state index contributed by atoms with van der Waals surface area (Å²) in [5, 5.41) is 9.18. The minimum absolute atomic E-state index is 0.228. The van der Waals surface area contributed by atoms with Gasteiger partial charge in [-0.05, 0) is 24.6 Å². The van der Waals surface area contributed by atoms with Gasteiger partial charge in [0.2, 0.25) is 11.8 Å². The Balaban J connectivity index is 1.54. The van der Waals surface area contributed by atoms with Gasteiger partial charge in [-0.1, -0.05) is 18.2 Å². The summed E-state index contributed by atoms with van der Waals surface area (Å²) in [6.45, 7) is 1.42. The summed E-state index contributed by atoms with van der Waals surface area (Å²) in [6, 6.07) is 9.87. The van der Waals surface area contributed by atoms with Crippen molar-refractivity contribution in [1.82, 2.24) is 10.2 Å². The van der Waals surface area contributed by atoms with E-state index in [4.69, 9.17) is 13.6 Å². The number of hydrogen-bond acceptors (Lipinski definition) is 5. The molecule has 0 spiro atoms. The largest absolute Gasteiger partial charge is 0.457 e. The molecule has 0 amide bonds. The lowest BCUT2D eigenvalue weighted by molar-refractivity contribution is 0.190. The fourth-order valence-electron chi connectivity index (χ4n) is 2.45. The van der Waals surface area contributed by atoms with Gasteiger partial charge < -0.3 is 13.6 Å². The van der Waals surface area contributed by atoms with Gasteiger partial charge in [-0.25, -0.2) is 0 Å². The molecule has 2 aromatic heterocycles. The molecule has 5 nitrogen and oxygen atoms in total. The fourth-order valence-corrected chi connectivity index (χ4v) is 2.45. The third kappa shape index (κ3) is 2.48. The van der Waals surface area contributed by atoms with Crippen LogP contribution < -0.4 is 0 Å². The van der Waals surface area contributed by atoms with Crippen LogP contribution in [-0.2, 0) is 4.74 Å². The van der Waals surface area contributed by atoms with Crippen molar-refractivity contribution in [1.29, 1.82) is 0 Å². The molecule has 106 valence electrons. The van der Waals surface area contributed by atoms with Gasteiger partial charge >= 0.3 is 0 Å². The van der Waals surface area contributed by atoms with Crippen LogP contribution in [0.5, 0.6) is 0 Å². The average Bonchev–Trinajstić information content (AvgIpc) is 3.23. The SMILES string of the molecule is C(=C\c1nnc(C2CCOC2)o1)/c1cc2ccccc2o1. The van der Waals surface area contributed by atoms with E-state index in [-0.39, 0.29) is 5.92 Å². The molecule has 1 unspecified atom stereocenters. The van der Waals surface area contributed by atoms with E-state index >= 15 is 0 Å². The average molecular weight is 282 g/mol. The Morgan fingerprint density at radius 1 is 1.10 bits per heavy atom. The number of rotatable bonds is 3. The van der Waals surface area contributed by atoms with E-state index in [1.54, 1.807) is 6.08 Å². The van der Waals surface area contributed by atoms with Crippen molar-refractivity contribution in [3.63, 3.8) is 0 Å². The van der Waals surface area contributed by atoms with Crippen LogP contribution in [0, 0.1) is 0 Å². The van der Waals surface area contributed by atoms with E-state index in [1.807, 2.05) is 36.4 Å². The molecule has 1 aliphatic heterocycles. The maximum atomic E-state index is 5.70. The van der Waals surface area contributed by atoms with Gasteiger partial charge in [0.15, 0.2) is 0 Å². The molecule has 0 N–H and O–H groups in total. The molecule has 1 atom stereocenters. The second-order valence-corrected chi connectivity index (χ2v) is 5.06. The first-order valence-electron chi connectivity index (χ1n) is 6.96. The lowest BCUT2D eigenvalue weighted by atomic mass is 10.1. The Hall–Kier alpha value is -2.40. The van der Waals surface area contributed by atoms with Gasteiger partial charge in [-0.2, -0.15) is 0 Å². The van der Waals surface area contributed by atoms with Gasteiger partial charge in [0.05, 0.1) is 12.5 Å². The second kappa shape index (κ2) is 5.18. The van der Waals surface area contributed by atoms with Crippen LogP contribution in [0.25, 0.3) is 23.1 Å². The topological polar surface area (TPSA) is 61.3 Å². The van der Waals surface area contributed by atoms with Gasteiger partial charge in [0, 0.05) is 18.1 Å². The van der Waals surface area contributed by atoms with Gasteiger partial charge in [0.1, 0.15) is 11.3 Å². The number of furan rings is 1. The summed E-state index contributed by atoms with van der Waals surface area (Å²) in [7, 11) is 0. The van der Waals surface area contributed by atoms with Gasteiger partial charge in [0.25, 0.3) is 0 Å². The molecular weight excluding hydrogens is 268 g/mol. The molecule has 21 heavy (non-hydrogen) atoms. The Bertz CT molecular complexity index is 749. The van der Waals surface area contributed by atoms with E-state index in [0.29, 0.717) is 18.4 Å². The van der Waals surface area contributed by atoms with Crippen molar-refractivity contribution < 1.29 is 13.6 Å². The quantitative estimate of drug-likeness (QED) is 0.736. The van der Waals surface area contributed by atoms with Crippen molar-refractivity contribution in [2.45, 2.75) is 12.3 Å². The maximum Gasteiger partial charge on any atom is 0.240 e. The highest BCUT2D eigenvalue weighted by Gasteiger charge is 2.23.